The summed E-state index contributed by atoms with van der Waals surface area (Å²) < 4.78 is 0. The third-order valence-corrected chi connectivity index (χ3v) is 4.51. The van der Waals surface area contributed by atoms with Crippen LogP contribution in [0.3, 0.4) is 0 Å². The normalized spacial score (nSPS) is 28.8. The van der Waals surface area contributed by atoms with E-state index in [4.69, 9.17) is 5.73 Å². The molecule has 1 aliphatic carbocycles. The third-order valence-electron chi connectivity index (χ3n) is 4.51. The van der Waals surface area contributed by atoms with Crippen LogP contribution in [0.4, 0.5) is 0 Å². The van der Waals surface area contributed by atoms with Gasteiger partial charge < -0.3 is 21.1 Å². The molecule has 3 unspecified atom stereocenters. The standard InChI is InChI=1S/C14H27N3O2/c15-9-12(8-14(19)17-6-1-2-7-17)16-13-5-3-4-11(13)10-18/h11-13,16,18H,1-10,15H2. The number of carbonyl (C=O) groups is 1. The first-order chi connectivity index (χ1) is 9.24. The van der Waals surface area contributed by atoms with Crippen molar-refractivity contribution in [2.45, 2.75) is 50.6 Å². The zero-order valence-electron chi connectivity index (χ0n) is 11.7. The van der Waals surface area contributed by atoms with Gasteiger partial charge in [-0.3, -0.25) is 4.79 Å². The molecule has 2 fully saturated rings. The van der Waals surface area contributed by atoms with Crippen molar-refractivity contribution in [2.75, 3.05) is 26.2 Å². The molecule has 0 aromatic heterocycles. The minimum atomic E-state index is 0.0465. The monoisotopic (exact) mass is 269 g/mol. The summed E-state index contributed by atoms with van der Waals surface area (Å²) in [5, 5.41) is 12.8. The molecule has 5 nitrogen and oxygen atoms in total. The van der Waals surface area contributed by atoms with E-state index in [0.717, 1.165) is 45.2 Å². The van der Waals surface area contributed by atoms with Crippen molar-refractivity contribution in [2.24, 2.45) is 11.7 Å². The molecule has 2 aliphatic rings. The second kappa shape index (κ2) is 7.22. The molecule has 4 N–H and O–H groups in total. The number of carbonyl (C=O) groups excluding carboxylic acids is 1. The highest BCUT2D eigenvalue weighted by atomic mass is 16.3. The number of aliphatic hydroxyl groups is 1. The maximum atomic E-state index is 12.1. The zero-order chi connectivity index (χ0) is 13.7. The van der Waals surface area contributed by atoms with Gasteiger partial charge in [-0.2, -0.15) is 0 Å². The van der Waals surface area contributed by atoms with Gasteiger partial charge in [0, 0.05) is 44.7 Å². The van der Waals surface area contributed by atoms with E-state index in [0.29, 0.717) is 24.9 Å². The third kappa shape index (κ3) is 3.91. The van der Waals surface area contributed by atoms with Crippen LogP contribution in [0.2, 0.25) is 0 Å². The summed E-state index contributed by atoms with van der Waals surface area (Å²) in [6.45, 7) is 2.51. The Morgan fingerprint density at radius 2 is 2.05 bits per heavy atom. The van der Waals surface area contributed by atoms with Crippen LogP contribution in [0.5, 0.6) is 0 Å². The van der Waals surface area contributed by atoms with Crippen molar-refractivity contribution < 1.29 is 9.90 Å². The maximum absolute atomic E-state index is 12.1. The Morgan fingerprint density at radius 3 is 2.68 bits per heavy atom. The molecule has 1 saturated carbocycles. The molecular formula is C14H27N3O2. The van der Waals surface area contributed by atoms with Gasteiger partial charge in [0.15, 0.2) is 0 Å². The minimum absolute atomic E-state index is 0.0465. The van der Waals surface area contributed by atoms with Crippen LogP contribution in [-0.4, -0.2) is 54.2 Å². The zero-order valence-corrected chi connectivity index (χ0v) is 11.7. The van der Waals surface area contributed by atoms with Crippen molar-refractivity contribution >= 4 is 5.91 Å². The predicted octanol–water partition coefficient (Wildman–Crippen LogP) is 0.0768. The van der Waals surface area contributed by atoms with Crippen LogP contribution in [0, 0.1) is 5.92 Å². The molecule has 5 heteroatoms. The van der Waals surface area contributed by atoms with Crippen LogP contribution in [0.25, 0.3) is 0 Å². The Balaban J connectivity index is 1.80. The number of nitrogens with one attached hydrogen (secondary N) is 1. The Bertz CT molecular complexity index is 292. The number of amides is 1. The molecule has 1 amide bonds. The van der Waals surface area contributed by atoms with Gasteiger partial charge in [-0.25, -0.2) is 0 Å². The van der Waals surface area contributed by atoms with Crippen molar-refractivity contribution in [3.05, 3.63) is 0 Å². The van der Waals surface area contributed by atoms with Crippen molar-refractivity contribution in [3.8, 4) is 0 Å². The minimum Gasteiger partial charge on any atom is -0.396 e. The van der Waals surface area contributed by atoms with Crippen LogP contribution in [-0.2, 0) is 4.79 Å². The Morgan fingerprint density at radius 1 is 1.32 bits per heavy atom. The van der Waals surface area contributed by atoms with Crippen molar-refractivity contribution in [3.63, 3.8) is 0 Å². The number of hydrogen-bond donors (Lipinski definition) is 3. The molecule has 3 atom stereocenters. The lowest BCUT2D eigenvalue weighted by Gasteiger charge is -2.26. The van der Waals surface area contributed by atoms with Gasteiger partial charge in [0.1, 0.15) is 0 Å². The van der Waals surface area contributed by atoms with Crippen LogP contribution < -0.4 is 11.1 Å². The summed E-state index contributed by atoms with van der Waals surface area (Å²) in [5.41, 5.74) is 5.79. The van der Waals surface area contributed by atoms with Gasteiger partial charge in [-0.05, 0) is 31.6 Å². The van der Waals surface area contributed by atoms with Crippen molar-refractivity contribution in [1.82, 2.24) is 10.2 Å². The van der Waals surface area contributed by atoms with E-state index in [9.17, 15) is 9.90 Å². The fraction of sp³-hybridized carbons (Fsp3) is 0.929. The van der Waals surface area contributed by atoms with Gasteiger partial charge in [0.2, 0.25) is 5.91 Å². The van der Waals surface area contributed by atoms with E-state index < -0.39 is 0 Å². The lowest BCUT2D eigenvalue weighted by molar-refractivity contribution is -0.130. The Labute approximate surface area is 115 Å². The van der Waals surface area contributed by atoms with E-state index in [1.165, 1.54) is 0 Å². The molecule has 0 aromatic carbocycles. The first kappa shape index (κ1) is 14.8. The van der Waals surface area contributed by atoms with E-state index in [-0.39, 0.29) is 18.6 Å². The lowest BCUT2D eigenvalue weighted by Crippen LogP contribution is -2.47. The Hall–Kier alpha value is -0.650. The highest BCUT2D eigenvalue weighted by Crippen LogP contribution is 2.25. The molecule has 110 valence electrons. The first-order valence-corrected chi connectivity index (χ1v) is 7.59. The molecule has 0 spiro atoms. The maximum Gasteiger partial charge on any atom is 0.224 e. The van der Waals surface area contributed by atoms with E-state index in [1.54, 1.807) is 0 Å². The van der Waals surface area contributed by atoms with Gasteiger partial charge in [0.25, 0.3) is 0 Å². The smallest absolute Gasteiger partial charge is 0.224 e. The molecule has 1 aliphatic heterocycles. The summed E-state index contributed by atoms with van der Waals surface area (Å²) in [4.78, 5) is 14.1. The quantitative estimate of drug-likeness (QED) is 0.638. The molecule has 2 rings (SSSR count). The lowest BCUT2D eigenvalue weighted by atomic mass is 10.0. The van der Waals surface area contributed by atoms with Gasteiger partial charge in [-0.1, -0.05) is 6.42 Å². The van der Waals surface area contributed by atoms with Crippen LogP contribution in [0.15, 0.2) is 0 Å². The first-order valence-electron chi connectivity index (χ1n) is 7.59. The molecule has 0 radical (unpaired) electrons. The average Bonchev–Trinajstić information content (AvgIpc) is 3.08. The molecule has 1 heterocycles. The summed E-state index contributed by atoms with van der Waals surface area (Å²) in [7, 11) is 0. The molecular weight excluding hydrogens is 242 g/mol. The number of nitrogens with zero attached hydrogens (tertiary/aromatic N) is 1. The molecule has 0 aromatic rings. The largest absolute Gasteiger partial charge is 0.396 e. The average molecular weight is 269 g/mol. The van der Waals surface area contributed by atoms with Gasteiger partial charge in [0.05, 0.1) is 0 Å². The molecule has 19 heavy (non-hydrogen) atoms. The number of likely N-dealkylation sites (tertiary alicyclic amines) is 1. The number of aliphatic hydroxyl groups excluding tert-OH is 1. The second-order valence-electron chi connectivity index (χ2n) is 5.87. The van der Waals surface area contributed by atoms with E-state index >= 15 is 0 Å². The van der Waals surface area contributed by atoms with Crippen LogP contribution >= 0.6 is 0 Å². The number of rotatable bonds is 6. The van der Waals surface area contributed by atoms with E-state index in [2.05, 4.69) is 5.32 Å². The van der Waals surface area contributed by atoms with Gasteiger partial charge in [-0.15, -0.1) is 0 Å². The highest BCUT2D eigenvalue weighted by molar-refractivity contribution is 5.77. The summed E-state index contributed by atoms with van der Waals surface area (Å²) in [6.07, 6.45) is 6.06. The predicted molar refractivity (Wildman–Crippen MR) is 74.6 cm³/mol. The summed E-state index contributed by atoms with van der Waals surface area (Å²) in [6, 6.07) is 0.371. The number of nitrogens with two attached hydrogens (primary N) is 1. The fourth-order valence-electron chi connectivity index (χ4n) is 3.29. The van der Waals surface area contributed by atoms with E-state index in [1.807, 2.05) is 4.90 Å². The molecule has 0 bridgehead atoms. The highest BCUT2D eigenvalue weighted by Gasteiger charge is 2.29. The second-order valence-corrected chi connectivity index (χ2v) is 5.87. The summed E-state index contributed by atoms with van der Waals surface area (Å²) >= 11 is 0. The number of hydrogen-bond acceptors (Lipinski definition) is 4. The molecule has 1 saturated heterocycles. The van der Waals surface area contributed by atoms with Crippen LogP contribution in [0.1, 0.15) is 38.5 Å². The fourth-order valence-corrected chi connectivity index (χ4v) is 3.29. The topological polar surface area (TPSA) is 78.6 Å². The Kier molecular flexibility index (Phi) is 5.60. The van der Waals surface area contributed by atoms with Crippen molar-refractivity contribution in [1.29, 1.82) is 0 Å². The SMILES string of the molecule is NCC(CC(=O)N1CCCC1)NC1CCCC1CO. The van der Waals surface area contributed by atoms with Gasteiger partial charge >= 0.3 is 0 Å². The summed E-state index contributed by atoms with van der Waals surface area (Å²) in [5.74, 6) is 0.551.